The number of nitrogens with zero attached hydrogens (tertiary/aromatic N) is 2. The van der Waals surface area contributed by atoms with Crippen LogP contribution in [0.1, 0.15) is 13.3 Å². The molecule has 1 N–H and O–H groups in total. The zero-order valence-corrected chi connectivity index (χ0v) is 8.38. The van der Waals surface area contributed by atoms with Crippen LogP contribution in [0.25, 0.3) is 0 Å². The van der Waals surface area contributed by atoms with Crippen LogP contribution in [-0.4, -0.2) is 28.8 Å². The van der Waals surface area contributed by atoms with Crippen LogP contribution in [0.3, 0.4) is 0 Å². The number of nitrogens with one attached hydrogen (secondary N) is 1. The fourth-order valence-electron chi connectivity index (χ4n) is 1.52. The van der Waals surface area contributed by atoms with Crippen LogP contribution in [0.15, 0.2) is 6.20 Å². The molecular weight excluding hydrogens is 186 g/mol. The standard InChI is InChI=1S/C8H13N3OS/c1-6(7-2-3-12-5-7)10-8-4-9-11-13-8/h4,6-7,10H,2-3,5H2,1H3. The van der Waals surface area contributed by atoms with E-state index < -0.39 is 0 Å². The first-order valence-corrected chi connectivity index (χ1v) is 5.25. The molecule has 2 rings (SSSR count). The van der Waals surface area contributed by atoms with Gasteiger partial charge in [0.05, 0.1) is 12.8 Å². The van der Waals surface area contributed by atoms with Crippen molar-refractivity contribution >= 4 is 16.5 Å². The maximum Gasteiger partial charge on any atom is 0.130 e. The fourth-order valence-corrected chi connectivity index (χ4v) is 2.04. The highest BCUT2D eigenvalue weighted by Crippen LogP contribution is 2.20. The van der Waals surface area contributed by atoms with E-state index in [0.717, 1.165) is 24.6 Å². The van der Waals surface area contributed by atoms with Gasteiger partial charge in [-0.3, -0.25) is 0 Å². The molecule has 1 saturated heterocycles. The van der Waals surface area contributed by atoms with E-state index in [1.807, 2.05) is 0 Å². The summed E-state index contributed by atoms with van der Waals surface area (Å²) in [5.41, 5.74) is 0. The molecule has 0 aromatic carbocycles. The Balaban J connectivity index is 1.87. The first-order chi connectivity index (χ1) is 6.36. The molecule has 0 radical (unpaired) electrons. The van der Waals surface area contributed by atoms with Crippen molar-refractivity contribution in [2.75, 3.05) is 18.5 Å². The fraction of sp³-hybridized carbons (Fsp3) is 0.750. The number of rotatable bonds is 3. The Bertz CT molecular complexity index is 246. The summed E-state index contributed by atoms with van der Waals surface area (Å²) in [5.74, 6) is 0.627. The maximum atomic E-state index is 5.33. The van der Waals surface area contributed by atoms with E-state index >= 15 is 0 Å². The molecule has 4 nitrogen and oxygen atoms in total. The van der Waals surface area contributed by atoms with Crippen molar-refractivity contribution in [3.05, 3.63) is 6.20 Å². The summed E-state index contributed by atoms with van der Waals surface area (Å²) in [6, 6.07) is 0.449. The molecule has 13 heavy (non-hydrogen) atoms. The second kappa shape index (κ2) is 4.02. The number of hydrogen-bond acceptors (Lipinski definition) is 5. The Hall–Kier alpha value is -0.680. The average molecular weight is 199 g/mol. The van der Waals surface area contributed by atoms with Crippen molar-refractivity contribution in [1.29, 1.82) is 0 Å². The first-order valence-electron chi connectivity index (χ1n) is 4.48. The Labute approximate surface area is 81.5 Å². The molecule has 72 valence electrons. The zero-order chi connectivity index (χ0) is 9.10. The highest BCUT2D eigenvalue weighted by molar-refractivity contribution is 7.09. The third-order valence-electron chi connectivity index (χ3n) is 2.40. The smallest absolute Gasteiger partial charge is 0.130 e. The molecule has 1 aromatic heterocycles. The summed E-state index contributed by atoms with van der Waals surface area (Å²) in [5, 5.41) is 8.20. The molecule has 5 heteroatoms. The lowest BCUT2D eigenvalue weighted by atomic mass is 10.0. The van der Waals surface area contributed by atoms with Crippen molar-refractivity contribution in [1.82, 2.24) is 9.59 Å². The summed E-state index contributed by atoms with van der Waals surface area (Å²) in [4.78, 5) is 0. The van der Waals surface area contributed by atoms with E-state index in [9.17, 15) is 0 Å². The lowest BCUT2D eigenvalue weighted by Gasteiger charge is -2.18. The topological polar surface area (TPSA) is 47.0 Å². The normalized spacial score (nSPS) is 24.5. The van der Waals surface area contributed by atoms with Crippen molar-refractivity contribution in [2.24, 2.45) is 5.92 Å². The molecule has 1 aromatic rings. The van der Waals surface area contributed by atoms with Crippen molar-refractivity contribution in [3.8, 4) is 0 Å². The summed E-state index contributed by atoms with van der Waals surface area (Å²) < 4.78 is 9.13. The van der Waals surface area contributed by atoms with Crippen LogP contribution >= 0.6 is 11.5 Å². The van der Waals surface area contributed by atoms with E-state index in [-0.39, 0.29) is 0 Å². The van der Waals surface area contributed by atoms with E-state index in [1.54, 1.807) is 6.20 Å². The van der Waals surface area contributed by atoms with Gasteiger partial charge < -0.3 is 10.1 Å². The van der Waals surface area contributed by atoms with Crippen molar-refractivity contribution in [3.63, 3.8) is 0 Å². The minimum Gasteiger partial charge on any atom is -0.381 e. The minimum absolute atomic E-state index is 0.449. The highest BCUT2D eigenvalue weighted by atomic mass is 32.1. The van der Waals surface area contributed by atoms with Crippen LogP contribution in [0.5, 0.6) is 0 Å². The summed E-state index contributed by atoms with van der Waals surface area (Å²) in [6.07, 6.45) is 2.91. The number of ether oxygens (including phenoxy) is 1. The van der Waals surface area contributed by atoms with Gasteiger partial charge in [-0.1, -0.05) is 4.49 Å². The molecule has 2 heterocycles. The van der Waals surface area contributed by atoms with Gasteiger partial charge in [-0.15, -0.1) is 5.10 Å². The monoisotopic (exact) mass is 199 g/mol. The summed E-state index contributed by atoms with van der Waals surface area (Å²) in [7, 11) is 0. The summed E-state index contributed by atoms with van der Waals surface area (Å²) in [6.45, 7) is 3.96. The van der Waals surface area contributed by atoms with Gasteiger partial charge in [-0.05, 0) is 13.3 Å². The second-order valence-corrected chi connectivity index (χ2v) is 4.12. The SMILES string of the molecule is CC(Nc1cnns1)C1CCOC1. The Morgan fingerprint density at radius 1 is 1.77 bits per heavy atom. The van der Waals surface area contributed by atoms with Gasteiger partial charge in [0.15, 0.2) is 0 Å². The summed E-state index contributed by atoms with van der Waals surface area (Å²) >= 11 is 1.40. The Morgan fingerprint density at radius 3 is 3.31 bits per heavy atom. The molecular formula is C8H13N3OS. The second-order valence-electron chi connectivity index (χ2n) is 3.34. The molecule has 0 amide bonds. The van der Waals surface area contributed by atoms with Gasteiger partial charge in [-0.2, -0.15) is 0 Å². The van der Waals surface area contributed by atoms with Gasteiger partial charge in [0.1, 0.15) is 5.00 Å². The molecule has 2 atom stereocenters. The molecule has 0 bridgehead atoms. The highest BCUT2D eigenvalue weighted by Gasteiger charge is 2.22. The minimum atomic E-state index is 0.449. The number of hydrogen-bond donors (Lipinski definition) is 1. The predicted octanol–water partition coefficient (Wildman–Crippen LogP) is 1.37. The maximum absolute atomic E-state index is 5.33. The lowest BCUT2D eigenvalue weighted by Crippen LogP contribution is -2.25. The van der Waals surface area contributed by atoms with Crippen LogP contribution < -0.4 is 5.32 Å². The number of aromatic nitrogens is 2. The Morgan fingerprint density at radius 2 is 2.69 bits per heavy atom. The van der Waals surface area contributed by atoms with Crippen LogP contribution in [0.4, 0.5) is 5.00 Å². The largest absolute Gasteiger partial charge is 0.381 e. The van der Waals surface area contributed by atoms with E-state index in [2.05, 4.69) is 21.8 Å². The quantitative estimate of drug-likeness (QED) is 0.798. The van der Waals surface area contributed by atoms with Crippen LogP contribution in [0.2, 0.25) is 0 Å². The average Bonchev–Trinajstić information content (AvgIpc) is 2.74. The first kappa shape index (κ1) is 8.90. The van der Waals surface area contributed by atoms with Gasteiger partial charge in [0, 0.05) is 30.1 Å². The Kier molecular flexibility index (Phi) is 2.75. The van der Waals surface area contributed by atoms with Crippen LogP contribution in [-0.2, 0) is 4.74 Å². The predicted molar refractivity (Wildman–Crippen MR) is 51.9 cm³/mol. The molecule has 0 saturated carbocycles. The third-order valence-corrected chi connectivity index (χ3v) is 3.00. The van der Waals surface area contributed by atoms with Crippen molar-refractivity contribution in [2.45, 2.75) is 19.4 Å². The number of anilines is 1. The van der Waals surface area contributed by atoms with E-state index in [0.29, 0.717) is 12.0 Å². The van der Waals surface area contributed by atoms with Crippen molar-refractivity contribution < 1.29 is 4.74 Å². The molecule has 2 unspecified atom stereocenters. The van der Waals surface area contributed by atoms with Gasteiger partial charge in [0.25, 0.3) is 0 Å². The van der Waals surface area contributed by atoms with Gasteiger partial charge in [-0.25, -0.2) is 0 Å². The van der Waals surface area contributed by atoms with Crippen LogP contribution in [0, 0.1) is 5.92 Å². The molecule has 0 aliphatic carbocycles. The zero-order valence-electron chi connectivity index (χ0n) is 7.56. The molecule has 1 aliphatic heterocycles. The molecule has 1 fully saturated rings. The third kappa shape index (κ3) is 2.16. The van der Waals surface area contributed by atoms with Gasteiger partial charge in [0.2, 0.25) is 0 Å². The van der Waals surface area contributed by atoms with Gasteiger partial charge >= 0.3 is 0 Å². The molecule has 1 aliphatic rings. The molecule has 0 spiro atoms. The van der Waals surface area contributed by atoms with E-state index in [1.165, 1.54) is 11.5 Å². The lowest BCUT2D eigenvalue weighted by molar-refractivity contribution is 0.183. The van der Waals surface area contributed by atoms with E-state index in [4.69, 9.17) is 4.74 Å².